The molecular weight excluding hydrogens is 460 g/mol. The van der Waals surface area contributed by atoms with Crippen molar-refractivity contribution in [1.82, 2.24) is 15.1 Å². The summed E-state index contributed by atoms with van der Waals surface area (Å²) < 4.78 is 6.34. The van der Waals surface area contributed by atoms with Crippen LogP contribution in [0.15, 0.2) is 18.2 Å². The van der Waals surface area contributed by atoms with Crippen LogP contribution in [0.2, 0.25) is 0 Å². The zero-order chi connectivity index (χ0) is 26.4. The number of aliphatic hydroxyl groups is 1. The number of amides is 4. The second-order valence-corrected chi connectivity index (χ2v) is 10.6. The Labute approximate surface area is 214 Å². The maximum absolute atomic E-state index is 13.6. The average molecular weight is 503 g/mol. The Morgan fingerprint density at radius 2 is 1.89 bits per heavy atom. The van der Waals surface area contributed by atoms with Gasteiger partial charge in [-0.25, -0.2) is 4.79 Å². The molecule has 1 fully saturated rings. The van der Waals surface area contributed by atoms with Crippen molar-refractivity contribution in [3.8, 4) is 5.75 Å². The summed E-state index contributed by atoms with van der Waals surface area (Å²) in [6, 6.07) is 4.56. The lowest BCUT2D eigenvalue weighted by molar-refractivity contribution is -0.120. The Hall–Kier alpha value is -2.81. The van der Waals surface area contributed by atoms with Gasteiger partial charge in [0.1, 0.15) is 11.9 Å². The van der Waals surface area contributed by atoms with E-state index in [2.05, 4.69) is 10.6 Å². The Morgan fingerprint density at radius 3 is 2.53 bits per heavy atom. The third-order valence-electron chi connectivity index (χ3n) is 7.12. The molecule has 36 heavy (non-hydrogen) atoms. The maximum atomic E-state index is 13.6. The highest BCUT2D eigenvalue weighted by atomic mass is 16.5. The van der Waals surface area contributed by atoms with Gasteiger partial charge < -0.3 is 30.3 Å². The summed E-state index contributed by atoms with van der Waals surface area (Å²) in [6.07, 6.45) is 4.69. The molecule has 9 nitrogen and oxygen atoms in total. The molecule has 3 rings (SSSR count). The number of carbonyl (C=O) groups excluding carboxylic acids is 3. The van der Waals surface area contributed by atoms with Gasteiger partial charge in [-0.15, -0.1) is 0 Å². The summed E-state index contributed by atoms with van der Waals surface area (Å²) in [4.78, 5) is 42.1. The number of fused-ring (bicyclic) bond motifs is 1. The molecule has 0 bridgehead atoms. The monoisotopic (exact) mass is 502 g/mol. The molecule has 0 spiro atoms. The lowest BCUT2D eigenvalue weighted by atomic mass is 9.88. The number of hydrogen-bond acceptors (Lipinski definition) is 5. The molecule has 1 aliphatic carbocycles. The lowest BCUT2D eigenvalue weighted by Crippen LogP contribution is -2.51. The Bertz CT molecular complexity index is 931. The smallest absolute Gasteiger partial charge is 0.317 e. The van der Waals surface area contributed by atoms with Crippen molar-refractivity contribution < 1.29 is 24.2 Å². The molecule has 2 aliphatic rings. The van der Waals surface area contributed by atoms with E-state index in [9.17, 15) is 19.5 Å². The number of anilines is 1. The third kappa shape index (κ3) is 6.90. The molecule has 1 aromatic rings. The number of aliphatic hydroxyl groups excluding tert-OH is 1. The third-order valence-corrected chi connectivity index (χ3v) is 7.12. The van der Waals surface area contributed by atoms with Crippen LogP contribution < -0.4 is 15.4 Å². The van der Waals surface area contributed by atoms with Crippen molar-refractivity contribution in [3.63, 3.8) is 0 Å². The minimum absolute atomic E-state index is 0.00336. The highest BCUT2D eigenvalue weighted by Crippen LogP contribution is 2.31. The minimum Gasteiger partial charge on any atom is -0.487 e. The molecule has 1 aliphatic heterocycles. The largest absolute Gasteiger partial charge is 0.487 e. The lowest BCUT2D eigenvalue weighted by Gasteiger charge is -2.38. The van der Waals surface area contributed by atoms with E-state index in [0.717, 1.165) is 25.7 Å². The summed E-state index contributed by atoms with van der Waals surface area (Å²) >= 11 is 0. The number of likely N-dealkylation sites (N-methyl/N-ethyl adjacent to an activating group) is 1. The molecule has 1 heterocycles. The standard InChI is InChI=1S/C27H42N4O5/c1-17(2)28-27(35)30(5)15-24-18(3)14-31(19(4)16-32)26(34)22-13-21(11-12-23(22)36-24)29-25(33)20-9-7-6-8-10-20/h11-13,17-20,24,32H,6-10,14-16H2,1-5H3,(H,28,35)(H,29,33)/t18-,19+,24-/m1/s1. The molecule has 4 amide bonds. The fraction of sp³-hybridized carbons (Fsp3) is 0.667. The van der Waals surface area contributed by atoms with Gasteiger partial charge in [-0.3, -0.25) is 9.59 Å². The predicted octanol–water partition coefficient (Wildman–Crippen LogP) is 3.48. The van der Waals surface area contributed by atoms with Crippen LogP contribution >= 0.6 is 0 Å². The molecule has 0 saturated heterocycles. The molecule has 1 saturated carbocycles. The maximum Gasteiger partial charge on any atom is 0.317 e. The predicted molar refractivity (Wildman–Crippen MR) is 139 cm³/mol. The van der Waals surface area contributed by atoms with Crippen molar-refractivity contribution in [2.75, 3.05) is 32.1 Å². The Balaban J connectivity index is 1.87. The van der Waals surface area contributed by atoms with E-state index in [4.69, 9.17) is 4.74 Å². The van der Waals surface area contributed by atoms with Gasteiger partial charge in [0.05, 0.1) is 24.8 Å². The highest BCUT2D eigenvalue weighted by molar-refractivity contribution is 6.00. The van der Waals surface area contributed by atoms with Gasteiger partial charge in [-0.05, 0) is 51.8 Å². The molecule has 0 radical (unpaired) electrons. The van der Waals surface area contributed by atoms with Crippen LogP contribution in [0.4, 0.5) is 10.5 Å². The van der Waals surface area contributed by atoms with Gasteiger partial charge in [0, 0.05) is 37.2 Å². The average Bonchev–Trinajstić information content (AvgIpc) is 2.86. The second kappa shape index (κ2) is 12.4. The zero-order valence-corrected chi connectivity index (χ0v) is 22.3. The summed E-state index contributed by atoms with van der Waals surface area (Å²) in [7, 11) is 1.72. The SMILES string of the molecule is CC(C)NC(=O)N(C)C[C@H]1Oc2ccc(NC(=O)C3CCCCC3)cc2C(=O)N([C@@H](C)CO)C[C@H]1C. The summed E-state index contributed by atoms with van der Waals surface area (Å²) in [5.41, 5.74) is 0.888. The van der Waals surface area contributed by atoms with Gasteiger partial charge in [-0.2, -0.15) is 0 Å². The van der Waals surface area contributed by atoms with Crippen LogP contribution in [0.1, 0.15) is 70.2 Å². The quantitative estimate of drug-likeness (QED) is 0.529. The van der Waals surface area contributed by atoms with Crippen molar-refractivity contribution in [2.24, 2.45) is 11.8 Å². The zero-order valence-electron chi connectivity index (χ0n) is 22.3. The number of rotatable bonds is 7. The van der Waals surface area contributed by atoms with E-state index in [1.807, 2.05) is 20.8 Å². The van der Waals surface area contributed by atoms with Crippen LogP contribution in [0.3, 0.4) is 0 Å². The van der Waals surface area contributed by atoms with Crippen molar-refractivity contribution in [1.29, 1.82) is 0 Å². The van der Waals surface area contributed by atoms with Gasteiger partial charge in [0.15, 0.2) is 0 Å². The molecule has 0 aromatic heterocycles. The Morgan fingerprint density at radius 1 is 1.19 bits per heavy atom. The van der Waals surface area contributed by atoms with Gasteiger partial charge in [0.2, 0.25) is 5.91 Å². The van der Waals surface area contributed by atoms with Crippen LogP contribution in [-0.2, 0) is 4.79 Å². The van der Waals surface area contributed by atoms with E-state index < -0.39 is 6.04 Å². The number of benzene rings is 1. The Kier molecular flexibility index (Phi) is 9.59. The molecule has 1 aromatic carbocycles. The molecule has 3 N–H and O–H groups in total. The summed E-state index contributed by atoms with van der Waals surface area (Å²) in [5.74, 6) is 0.0303. The number of carbonyl (C=O) groups is 3. The number of urea groups is 1. The van der Waals surface area contributed by atoms with Crippen LogP contribution in [0, 0.1) is 11.8 Å². The summed E-state index contributed by atoms with van der Waals surface area (Å²) in [6.45, 7) is 8.11. The van der Waals surface area contributed by atoms with Crippen molar-refractivity contribution >= 4 is 23.5 Å². The first-order chi connectivity index (χ1) is 17.1. The highest BCUT2D eigenvalue weighted by Gasteiger charge is 2.34. The topological polar surface area (TPSA) is 111 Å². The number of ether oxygens (including phenoxy) is 1. The molecule has 3 atom stereocenters. The number of nitrogens with one attached hydrogen (secondary N) is 2. The normalized spacial score (nSPS) is 21.6. The van der Waals surface area contributed by atoms with Gasteiger partial charge >= 0.3 is 6.03 Å². The van der Waals surface area contributed by atoms with Gasteiger partial charge in [0.25, 0.3) is 5.91 Å². The number of hydrogen-bond donors (Lipinski definition) is 3. The van der Waals surface area contributed by atoms with E-state index in [0.29, 0.717) is 30.1 Å². The van der Waals surface area contributed by atoms with E-state index in [1.54, 1.807) is 42.0 Å². The molecule has 200 valence electrons. The van der Waals surface area contributed by atoms with Crippen LogP contribution in [0.5, 0.6) is 5.75 Å². The van der Waals surface area contributed by atoms with Crippen LogP contribution in [0.25, 0.3) is 0 Å². The molecule has 9 heteroatoms. The first-order valence-corrected chi connectivity index (χ1v) is 13.2. The van der Waals surface area contributed by atoms with E-state index >= 15 is 0 Å². The fourth-order valence-corrected chi connectivity index (χ4v) is 4.84. The van der Waals surface area contributed by atoms with E-state index in [-0.39, 0.29) is 48.4 Å². The van der Waals surface area contributed by atoms with Crippen LogP contribution in [-0.4, -0.2) is 77.7 Å². The minimum atomic E-state index is -0.394. The number of nitrogens with zero attached hydrogens (tertiary/aromatic N) is 2. The first-order valence-electron chi connectivity index (χ1n) is 13.2. The molecular formula is C27H42N4O5. The fourth-order valence-electron chi connectivity index (χ4n) is 4.84. The van der Waals surface area contributed by atoms with E-state index in [1.165, 1.54) is 6.42 Å². The van der Waals surface area contributed by atoms with Gasteiger partial charge in [-0.1, -0.05) is 26.2 Å². The van der Waals surface area contributed by atoms with Crippen molar-refractivity contribution in [3.05, 3.63) is 23.8 Å². The van der Waals surface area contributed by atoms with Crippen molar-refractivity contribution in [2.45, 2.75) is 78.0 Å². The second-order valence-electron chi connectivity index (χ2n) is 10.6. The summed E-state index contributed by atoms with van der Waals surface area (Å²) in [5, 5.41) is 15.7. The molecule has 0 unspecified atom stereocenters. The first kappa shape index (κ1) is 27.8.